The van der Waals surface area contributed by atoms with Crippen molar-refractivity contribution in [2.45, 2.75) is 46.2 Å². The summed E-state index contributed by atoms with van der Waals surface area (Å²) in [5.74, 6) is 2.79. The van der Waals surface area contributed by atoms with Crippen molar-refractivity contribution in [2.75, 3.05) is 23.8 Å². The predicted molar refractivity (Wildman–Crippen MR) is 137 cm³/mol. The average Bonchev–Trinajstić information content (AvgIpc) is 3.03. The van der Waals surface area contributed by atoms with Gasteiger partial charge in [0.2, 0.25) is 0 Å². The maximum absolute atomic E-state index is 6.15. The summed E-state index contributed by atoms with van der Waals surface area (Å²) in [7, 11) is 0. The summed E-state index contributed by atoms with van der Waals surface area (Å²) >= 11 is 1.40. The van der Waals surface area contributed by atoms with Gasteiger partial charge in [-0.25, -0.2) is 19.9 Å². The number of hydrogen-bond acceptors (Lipinski definition) is 9. The Morgan fingerprint density at radius 1 is 1.09 bits per heavy atom. The van der Waals surface area contributed by atoms with Gasteiger partial charge in [0, 0.05) is 35.1 Å². The Bertz CT molecular complexity index is 1370. The molecule has 34 heavy (non-hydrogen) atoms. The number of hydrogen-bond donors (Lipinski definition) is 2. The molecule has 9 heteroatoms. The smallest absolute Gasteiger partial charge is 0.182 e. The van der Waals surface area contributed by atoms with Gasteiger partial charge in [0.25, 0.3) is 0 Å². The van der Waals surface area contributed by atoms with Crippen LogP contribution in [0, 0.1) is 6.92 Å². The van der Waals surface area contributed by atoms with E-state index in [1.54, 1.807) is 0 Å². The van der Waals surface area contributed by atoms with E-state index in [0.29, 0.717) is 24.1 Å². The van der Waals surface area contributed by atoms with E-state index in [9.17, 15) is 0 Å². The van der Waals surface area contributed by atoms with Crippen molar-refractivity contribution in [3.05, 3.63) is 53.1 Å². The molecular weight excluding hydrogens is 446 g/mol. The molecule has 176 valence electrons. The zero-order valence-corrected chi connectivity index (χ0v) is 20.7. The number of benzene rings is 1. The summed E-state index contributed by atoms with van der Waals surface area (Å²) in [6.45, 7) is 10.3. The third kappa shape index (κ3) is 4.17. The minimum Gasteiger partial charge on any atom is -0.491 e. The molecule has 0 amide bonds. The number of pyridine rings is 1. The van der Waals surface area contributed by atoms with Crippen LogP contribution in [0.3, 0.4) is 0 Å². The molecule has 0 bridgehead atoms. The zero-order valence-electron chi connectivity index (χ0n) is 19.9. The number of nitrogen functional groups attached to an aromatic ring is 1. The lowest BCUT2D eigenvalue weighted by Gasteiger charge is -2.27. The molecule has 0 radical (unpaired) electrons. The summed E-state index contributed by atoms with van der Waals surface area (Å²) in [4.78, 5) is 21.7. The first-order valence-corrected chi connectivity index (χ1v) is 12.3. The number of ether oxygens (including phenoxy) is 1. The number of nitrogens with zero attached hydrogens (tertiary/aromatic N) is 5. The molecular formula is C25H29N7OS. The minimum atomic E-state index is -0.233. The van der Waals surface area contributed by atoms with Crippen molar-refractivity contribution in [2.24, 2.45) is 5.73 Å². The van der Waals surface area contributed by atoms with Crippen molar-refractivity contribution in [1.29, 1.82) is 0 Å². The first-order valence-electron chi connectivity index (χ1n) is 11.5. The van der Waals surface area contributed by atoms with E-state index in [1.165, 1.54) is 11.3 Å². The number of aromatic nitrogens is 4. The van der Waals surface area contributed by atoms with Gasteiger partial charge in [-0.3, -0.25) is 0 Å². The topological polar surface area (TPSA) is 116 Å². The van der Waals surface area contributed by atoms with Gasteiger partial charge in [0.05, 0.1) is 12.6 Å². The Balaban J connectivity index is 1.55. The molecule has 0 unspecified atom stereocenters. The van der Waals surface area contributed by atoms with E-state index in [2.05, 4.69) is 45.8 Å². The number of anilines is 2. The molecule has 4 heterocycles. The van der Waals surface area contributed by atoms with Crippen molar-refractivity contribution in [3.8, 4) is 16.9 Å². The van der Waals surface area contributed by atoms with Crippen LogP contribution in [0.25, 0.3) is 21.5 Å². The van der Waals surface area contributed by atoms with Crippen LogP contribution in [0.1, 0.15) is 55.4 Å². The molecule has 0 spiro atoms. The van der Waals surface area contributed by atoms with Gasteiger partial charge >= 0.3 is 0 Å². The van der Waals surface area contributed by atoms with Crippen LogP contribution in [0.15, 0.2) is 30.5 Å². The standard InChI is InChI=1S/C25H29N7OS/c1-13(2)21-15(4)29-22(14(3)26)31-23(21)32-7-8-33-20-6-5-16(9-18(20)12-32)17-10-19-24(28-11-17)34-25(27)30-19/h5-6,9-11,13-14H,7-8,12,26H2,1-4H3,(H2,27,30)/t14-/m1/s1. The number of nitrogens with two attached hydrogens (primary N) is 2. The highest BCUT2D eigenvalue weighted by molar-refractivity contribution is 7.21. The first-order chi connectivity index (χ1) is 16.3. The van der Waals surface area contributed by atoms with Crippen LogP contribution < -0.4 is 21.1 Å². The van der Waals surface area contributed by atoms with E-state index in [4.69, 9.17) is 21.2 Å². The van der Waals surface area contributed by atoms with Crippen LogP contribution in [0.2, 0.25) is 0 Å². The van der Waals surface area contributed by atoms with Gasteiger partial charge in [0.15, 0.2) is 5.13 Å². The summed E-state index contributed by atoms with van der Waals surface area (Å²) < 4.78 is 6.12. The molecule has 4 aromatic rings. The lowest BCUT2D eigenvalue weighted by Crippen LogP contribution is -2.29. The lowest BCUT2D eigenvalue weighted by atomic mass is 10.0. The monoisotopic (exact) mass is 475 g/mol. The SMILES string of the molecule is Cc1nc([C@@H](C)N)nc(N2CCOc3ccc(-c4cnc5sc(N)nc5c4)cc3C2)c1C(C)C. The van der Waals surface area contributed by atoms with Crippen LogP contribution >= 0.6 is 11.3 Å². The summed E-state index contributed by atoms with van der Waals surface area (Å²) in [5, 5.41) is 0.526. The molecule has 1 aliphatic heterocycles. The molecule has 8 nitrogen and oxygen atoms in total. The van der Waals surface area contributed by atoms with E-state index in [0.717, 1.165) is 56.4 Å². The normalized spacial score (nSPS) is 14.7. The van der Waals surface area contributed by atoms with Crippen LogP contribution in [0.5, 0.6) is 5.75 Å². The van der Waals surface area contributed by atoms with Gasteiger partial charge < -0.3 is 21.1 Å². The molecule has 0 saturated heterocycles. The van der Waals surface area contributed by atoms with Crippen LogP contribution in [-0.4, -0.2) is 33.1 Å². The first kappa shape index (κ1) is 22.5. The molecule has 5 rings (SSSR count). The van der Waals surface area contributed by atoms with Crippen molar-refractivity contribution >= 4 is 32.6 Å². The number of thiazole rings is 1. The third-order valence-corrected chi connectivity index (χ3v) is 6.86. The minimum absolute atomic E-state index is 0.233. The Morgan fingerprint density at radius 3 is 2.68 bits per heavy atom. The van der Waals surface area contributed by atoms with Gasteiger partial charge in [-0.05, 0) is 43.5 Å². The molecule has 0 fully saturated rings. The Labute approximate surface area is 203 Å². The van der Waals surface area contributed by atoms with E-state index in [1.807, 2.05) is 32.2 Å². The van der Waals surface area contributed by atoms with E-state index >= 15 is 0 Å². The fourth-order valence-corrected chi connectivity index (χ4v) is 5.12. The van der Waals surface area contributed by atoms with Gasteiger partial charge in [-0.15, -0.1) is 0 Å². The summed E-state index contributed by atoms with van der Waals surface area (Å²) in [5.41, 5.74) is 18.1. The summed E-state index contributed by atoms with van der Waals surface area (Å²) in [6, 6.07) is 8.07. The maximum Gasteiger partial charge on any atom is 0.182 e. The lowest BCUT2D eigenvalue weighted by molar-refractivity contribution is 0.331. The second-order valence-electron chi connectivity index (χ2n) is 9.04. The third-order valence-electron chi connectivity index (χ3n) is 6.06. The average molecular weight is 476 g/mol. The second kappa shape index (κ2) is 8.81. The fourth-order valence-electron chi connectivity index (χ4n) is 4.46. The number of fused-ring (bicyclic) bond motifs is 2. The highest BCUT2D eigenvalue weighted by Gasteiger charge is 2.24. The molecule has 3 aromatic heterocycles. The molecule has 4 N–H and O–H groups in total. The second-order valence-corrected chi connectivity index (χ2v) is 10.0. The Morgan fingerprint density at radius 2 is 1.91 bits per heavy atom. The molecule has 1 aliphatic rings. The van der Waals surface area contributed by atoms with Crippen LogP contribution in [0.4, 0.5) is 10.9 Å². The van der Waals surface area contributed by atoms with Crippen molar-refractivity contribution in [1.82, 2.24) is 19.9 Å². The van der Waals surface area contributed by atoms with Crippen molar-refractivity contribution in [3.63, 3.8) is 0 Å². The molecule has 0 aliphatic carbocycles. The molecule has 1 aromatic carbocycles. The number of rotatable bonds is 4. The largest absolute Gasteiger partial charge is 0.491 e. The summed E-state index contributed by atoms with van der Waals surface area (Å²) in [6.07, 6.45) is 1.87. The highest BCUT2D eigenvalue weighted by atomic mass is 32.1. The maximum atomic E-state index is 6.15. The molecule has 1 atom stereocenters. The van der Waals surface area contributed by atoms with Gasteiger partial charge in [0.1, 0.15) is 34.3 Å². The Hall–Kier alpha value is -3.30. The fraction of sp³-hybridized carbons (Fsp3) is 0.360. The highest BCUT2D eigenvalue weighted by Crippen LogP contribution is 2.35. The van der Waals surface area contributed by atoms with Gasteiger partial charge in [-0.2, -0.15) is 0 Å². The van der Waals surface area contributed by atoms with E-state index < -0.39 is 0 Å². The quantitative estimate of drug-likeness (QED) is 0.441. The predicted octanol–water partition coefficient (Wildman–Crippen LogP) is 4.58. The number of aryl methyl sites for hydroxylation is 1. The zero-order chi connectivity index (χ0) is 24.0. The van der Waals surface area contributed by atoms with E-state index in [-0.39, 0.29) is 12.0 Å². The molecule has 0 saturated carbocycles. The Kier molecular flexibility index (Phi) is 5.83. The van der Waals surface area contributed by atoms with Gasteiger partial charge in [-0.1, -0.05) is 31.3 Å². The van der Waals surface area contributed by atoms with Crippen molar-refractivity contribution < 1.29 is 4.74 Å². The van der Waals surface area contributed by atoms with Crippen LogP contribution in [-0.2, 0) is 6.54 Å².